The van der Waals surface area contributed by atoms with Crippen LogP contribution in [0.4, 0.5) is 14.6 Å². The Bertz CT molecular complexity index is 1270. The highest BCUT2D eigenvalue weighted by Crippen LogP contribution is 2.19. The van der Waals surface area contributed by atoms with E-state index in [1.54, 1.807) is 13.4 Å². The van der Waals surface area contributed by atoms with Crippen LogP contribution in [-0.2, 0) is 17.7 Å². The van der Waals surface area contributed by atoms with Gasteiger partial charge in [0.1, 0.15) is 29.0 Å². The van der Waals surface area contributed by atoms with Crippen LogP contribution >= 0.6 is 0 Å². The van der Waals surface area contributed by atoms with Crippen molar-refractivity contribution in [2.75, 3.05) is 25.9 Å². The minimum Gasteiger partial charge on any atom is -0.382 e. The third-order valence-corrected chi connectivity index (χ3v) is 6.29. The number of unbranched alkanes of at least 4 members (excludes halogenated alkanes) is 1. The molecule has 3 N–H and O–H groups in total. The summed E-state index contributed by atoms with van der Waals surface area (Å²) in [6.45, 7) is 6.75. The van der Waals surface area contributed by atoms with E-state index in [0.29, 0.717) is 41.7 Å². The first-order valence-electron chi connectivity index (χ1n) is 11.9. The highest BCUT2D eigenvalue weighted by Gasteiger charge is 2.18. The lowest BCUT2D eigenvalue weighted by molar-refractivity contribution is 0.0447. The summed E-state index contributed by atoms with van der Waals surface area (Å²) in [5.74, 6) is -0.196. The van der Waals surface area contributed by atoms with Crippen molar-refractivity contribution in [1.82, 2.24) is 34.4 Å². The molecule has 1 aromatic carbocycles. The summed E-state index contributed by atoms with van der Waals surface area (Å²) in [6.07, 6.45) is 6.54. The van der Waals surface area contributed by atoms with Gasteiger partial charge in [0.2, 0.25) is 0 Å². The average Bonchev–Trinajstić information content (AvgIpc) is 3.42. The predicted octanol–water partition coefficient (Wildman–Crippen LogP) is 3.70. The fourth-order valence-electron chi connectivity index (χ4n) is 4.27. The predicted molar refractivity (Wildman–Crippen MR) is 131 cm³/mol. The summed E-state index contributed by atoms with van der Waals surface area (Å²) in [7, 11) is 1.74. The number of nitrogens with zero attached hydrogens (tertiary/aromatic N) is 6. The van der Waals surface area contributed by atoms with Crippen LogP contribution < -0.4 is 5.73 Å². The molecule has 0 saturated carbocycles. The molecule has 0 bridgehead atoms. The van der Waals surface area contributed by atoms with Crippen LogP contribution in [0.5, 0.6) is 0 Å². The van der Waals surface area contributed by atoms with Gasteiger partial charge in [-0.25, -0.2) is 28.7 Å². The van der Waals surface area contributed by atoms with E-state index in [9.17, 15) is 8.78 Å². The van der Waals surface area contributed by atoms with Crippen molar-refractivity contribution in [1.29, 1.82) is 0 Å². The van der Waals surface area contributed by atoms with Gasteiger partial charge in [-0.3, -0.25) is 4.90 Å². The van der Waals surface area contributed by atoms with Gasteiger partial charge in [0, 0.05) is 38.7 Å². The molecule has 0 spiro atoms. The van der Waals surface area contributed by atoms with Gasteiger partial charge in [-0.1, -0.05) is 0 Å². The standard InChI is InChI=1S/C24H32F2N8O/c1-15(2)33(8-5-4-6-20-31-19-11-16(25)10-18(26)21(19)32-20)12-17(35-3)7-9-34-14-30-22-23(27)28-13-29-24(22)34/h10-11,13-15,17H,4-9,12H2,1-3H3,(H,31,32)(H2,27,28,29). The summed E-state index contributed by atoms with van der Waals surface area (Å²) >= 11 is 0. The van der Waals surface area contributed by atoms with Crippen LogP contribution in [0.25, 0.3) is 22.2 Å². The molecule has 11 heteroatoms. The number of ether oxygens (including phenoxy) is 1. The Hall–Kier alpha value is -3.18. The number of aromatic amines is 1. The zero-order valence-corrected chi connectivity index (χ0v) is 20.3. The molecule has 0 aliphatic carbocycles. The van der Waals surface area contributed by atoms with E-state index >= 15 is 0 Å². The fourth-order valence-corrected chi connectivity index (χ4v) is 4.27. The average molecular weight is 487 g/mol. The first-order valence-corrected chi connectivity index (χ1v) is 11.9. The van der Waals surface area contributed by atoms with Gasteiger partial charge in [0.05, 0.1) is 17.9 Å². The van der Waals surface area contributed by atoms with Crippen molar-refractivity contribution in [3.05, 3.63) is 42.2 Å². The van der Waals surface area contributed by atoms with Crippen LogP contribution in [-0.4, -0.2) is 66.7 Å². The smallest absolute Gasteiger partial charge is 0.165 e. The third-order valence-electron chi connectivity index (χ3n) is 6.29. The molecular formula is C24H32F2N8O. The van der Waals surface area contributed by atoms with Gasteiger partial charge in [0.25, 0.3) is 0 Å². The lowest BCUT2D eigenvalue weighted by Crippen LogP contribution is -2.39. The van der Waals surface area contributed by atoms with E-state index < -0.39 is 11.6 Å². The SMILES string of the molecule is COC(CCn1cnc2c(N)ncnc21)CN(CCCCc1nc2c(F)cc(F)cc2[nH]1)C(C)C. The Balaban J connectivity index is 1.28. The minimum atomic E-state index is -0.640. The number of H-pyrrole nitrogens is 1. The molecule has 35 heavy (non-hydrogen) atoms. The Morgan fingerprint density at radius 3 is 2.74 bits per heavy atom. The number of hydrogen-bond acceptors (Lipinski definition) is 7. The zero-order valence-electron chi connectivity index (χ0n) is 20.3. The zero-order chi connectivity index (χ0) is 24.9. The number of nitrogen functional groups attached to an aromatic ring is 1. The first-order chi connectivity index (χ1) is 16.9. The molecule has 0 aliphatic heterocycles. The molecule has 0 aliphatic rings. The molecule has 0 amide bonds. The number of imidazole rings is 2. The number of anilines is 1. The minimum absolute atomic E-state index is 0.0438. The Labute approximate surface area is 202 Å². The molecule has 0 saturated heterocycles. The van der Waals surface area contributed by atoms with Gasteiger partial charge < -0.3 is 20.0 Å². The van der Waals surface area contributed by atoms with Crippen LogP contribution in [0.2, 0.25) is 0 Å². The second-order valence-corrected chi connectivity index (χ2v) is 9.03. The largest absolute Gasteiger partial charge is 0.382 e. The number of benzene rings is 1. The molecule has 3 aromatic heterocycles. The van der Waals surface area contributed by atoms with Gasteiger partial charge >= 0.3 is 0 Å². The normalized spacial score (nSPS) is 13.0. The molecular weight excluding hydrogens is 454 g/mol. The highest BCUT2D eigenvalue weighted by molar-refractivity contribution is 5.81. The number of hydrogen-bond donors (Lipinski definition) is 2. The van der Waals surface area contributed by atoms with Crippen molar-refractivity contribution < 1.29 is 13.5 Å². The van der Waals surface area contributed by atoms with Crippen molar-refractivity contribution >= 4 is 28.0 Å². The van der Waals surface area contributed by atoms with E-state index in [0.717, 1.165) is 44.1 Å². The fraction of sp³-hybridized carbons (Fsp3) is 0.500. The van der Waals surface area contributed by atoms with E-state index in [1.165, 1.54) is 12.4 Å². The molecule has 4 aromatic rings. The molecule has 4 rings (SSSR count). The highest BCUT2D eigenvalue weighted by atomic mass is 19.1. The second-order valence-electron chi connectivity index (χ2n) is 9.03. The van der Waals surface area contributed by atoms with Gasteiger partial charge in [0.15, 0.2) is 17.3 Å². The van der Waals surface area contributed by atoms with Gasteiger partial charge in [-0.05, 0) is 45.7 Å². The Kier molecular flexibility index (Phi) is 7.86. The third kappa shape index (κ3) is 5.91. The summed E-state index contributed by atoms with van der Waals surface area (Å²) < 4.78 is 35.1. The Morgan fingerprint density at radius 1 is 1.14 bits per heavy atom. The first kappa shape index (κ1) is 24.9. The molecule has 0 fully saturated rings. The van der Waals surface area contributed by atoms with Crippen molar-refractivity contribution in [2.24, 2.45) is 0 Å². The summed E-state index contributed by atoms with van der Waals surface area (Å²) in [4.78, 5) is 22.3. The van der Waals surface area contributed by atoms with E-state index in [4.69, 9.17) is 10.5 Å². The van der Waals surface area contributed by atoms with Crippen LogP contribution in [0.15, 0.2) is 24.8 Å². The van der Waals surface area contributed by atoms with Crippen LogP contribution in [0.1, 0.15) is 38.9 Å². The Morgan fingerprint density at radius 2 is 1.97 bits per heavy atom. The molecule has 0 radical (unpaired) electrons. The van der Waals surface area contributed by atoms with Crippen molar-refractivity contribution in [3.8, 4) is 0 Å². The van der Waals surface area contributed by atoms with Gasteiger partial charge in [-0.15, -0.1) is 0 Å². The summed E-state index contributed by atoms with van der Waals surface area (Å²) in [6, 6.07) is 2.49. The van der Waals surface area contributed by atoms with Crippen LogP contribution in [0, 0.1) is 11.6 Å². The molecule has 1 unspecified atom stereocenters. The lowest BCUT2D eigenvalue weighted by Gasteiger charge is -2.30. The number of halogens is 2. The summed E-state index contributed by atoms with van der Waals surface area (Å²) in [5.41, 5.74) is 7.80. The molecule has 9 nitrogen and oxygen atoms in total. The molecule has 188 valence electrons. The topological polar surface area (TPSA) is 111 Å². The maximum Gasteiger partial charge on any atom is 0.165 e. The quantitative estimate of drug-likeness (QED) is 0.294. The number of aryl methyl sites for hydroxylation is 2. The number of fused-ring (bicyclic) bond motifs is 2. The summed E-state index contributed by atoms with van der Waals surface area (Å²) in [5, 5.41) is 0. The van der Waals surface area contributed by atoms with E-state index in [-0.39, 0.29) is 11.6 Å². The lowest BCUT2D eigenvalue weighted by atomic mass is 10.1. The van der Waals surface area contributed by atoms with Crippen molar-refractivity contribution in [2.45, 2.75) is 58.2 Å². The van der Waals surface area contributed by atoms with E-state index in [1.807, 2.05) is 4.57 Å². The number of nitrogens with one attached hydrogen (secondary N) is 1. The number of aromatic nitrogens is 6. The monoisotopic (exact) mass is 486 g/mol. The maximum atomic E-state index is 13.9. The number of methoxy groups -OCH3 is 1. The number of rotatable bonds is 12. The van der Waals surface area contributed by atoms with Crippen molar-refractivity contribution in [3.63, 3.8) is 0 Å². The maximum absolute atomic E-state index is 13.9. The molecule has 1 atom stereocenters. The van der Waals surface area contributed by atoms with Crippen LogP contribution in [0.3, 0.4) is 0 Å². The number of nitrogens with two attached hydrogens (primary N) is 1. The van der Waals surface area contributed by atoms with E-state index in [2.05, 4.69) is 43.7 Å². The second kappa shape index (κ2) is 11.0. The van der Waals surface area contributed by atoms with Gasteiger partial charge in [-0.2, -0.15) is 0 Å². The molecule has 3 heterocycles.